The fourth-order valence-corrected chi connectivity index (χ4v) is 3.81. The summed E-state index contributed by atoms with van der Waals surface area (Å²) >= 11 is 0. The number of aryl methyl sites for hydroxylation is 2. The fourth-order valence-electron chi connectivity index (χ4n) is 3.81. The number of likely N-dealkylation sites (tertiary alicyclic amines) is 1. The van der Waals surface area contributed by atoms with Crippen LogP contribution in [-0.4, -0.2) is 44.3 Å². The van der Waals surface area contributed by atoms with Gasteiger partial charge in [-0.05, 0) is 50.5 Å². The van der Waals surface area contributed by atoms with Crippen molar-refractivity contribution in [3.05, 3.63) is 34.4 Å². The zero-order chi connectivity index (χ0) is 15.1. The number of piperidine rings is 1. The summed E-state index contributed by atoms with van der Waals surface area (Å²) in [5.41, 5.74) is 5.41. The van der Waals surface area contributed by atoms with Crippen LogP contribution in [-0.2, 0) is 12.8 Å². The van der Waals surface area contributed by atoms with Crippen molar-refractivity contribution in [3.63, 3.8) is 0 Å². The minimum absolute atomic E-state index is 0.0989. The topological polar surface area (TPSA) is 77.7 Å². The van der Waals surface area contributed by atoms with Crippen molar-refractivity contribution in [1.82, 2.24) is 25.3 Å². The Hall–Kier alpha value is -2.11. The van der Waals surface area contributed by atoms with E-state index in [-0.39, 0.29) is 5.91 Å². The first-order chi connectivity index (χ1) is 10.7. The summed E-state index contributed by atoms with van der Waals surface area (Å²) in [7, 11) is 0. The number of amides is 1. The lowest BCUT2D eigenvalue weighted by Crippen LogP contribution is -2.38. The second-order valence-corrected chi connectivity index (χ2v) is 6.40. The molecule has 1 fully saturated rings. The predicted octanol–water partition coefficient (Wildman–Crippen LogP) is 1.95. The molecule has 1 aliphatic carbocycles. The fraction of sp³-hybridized carbons (Fsp3) is 0.562. The summed E-state index contributed by atoms with van der Waals surface area (Å²) in [4.78, 5) is 14.7. The molecule has 1 saturated heterocycles. The Labute approximate surface area is 129 Å². The largest absolute Gasteiger partial charge is 0.337 e. The summed E-state index contributed by atoms with van der Waals surface area (Å²) in [6, 6.07) is 0. The van der Waals surface area contributed by atoms with Crippen LogP contribution in [0.15, 0.2) is 6.20 Å². The number of H-pyrrole nitrogens is 2. The van der Waals surface area contributed by atoms with Gasteiger partial charge in [-0.1, -0.05) is 0 Å². The maximum Gasteiger partial charge on any atom is 0.274 e. The molecule has 0 aromatic carbocycles. The lowest BCUT2D eigenvalue weighted by atomic mass is 9.90. The minimum atomic E-state index is 0.0989. The van der Waals surface area contributed by atoms with E-state index in [1.807, 2.05) is 11.1 Å². The van der Waals surface area contributed by atoms with Crippen molar-refractivity contribution in [1.29, 1.82) is 0 Å². The second-order valence-electron chi connectivity index (χ2n) is 6.40. The van der Waals surface area contributed by atoms with Gasteiger partial charge in [0.2, 0.25) is 0 Å². The van der Waals surface area contributed by atoms with Gasteiger partial charge in [0, 0.05) is 30.0 Å². The smallest absolute Gasteiger partial charge is 0.274 e. The van der Waals surface area contributed by atoms with Crippen LogP contribution in [0.25, 0.3) is 0 Å². The Morgan fingerprint density at radius 1 is 1.27 bits per heavy atom. The van der Waals surface area contributed by atoms with Gasteiger partial charge in [-0.2, -0.15) is 10.2 Å². The maximum absolute atomic E-state index is 12.7. The number of hydrogen-bond donors (Lipinski definition) is 2. The molecule has 6 heteroatoms. The van der Waals surface area contributed by atoms with Crippen molar-refractivity contribution < 1.29 is 4.79 Å². The number of rotatable bonds is 2. The summed E-state index contributed by atoms with van der Waals surface area (Å²) in [6.07, 6.45) is 7.07. The van der Waals surface area contributed by atoms with E-state index in [0.29, 0.717) is 11.6 Å². The lowest BCUT2D eigenvalue weighted by Gasteiger charge is -2.31. The normalized spacial score (nSPS) is 18.7. The maximum atomic E-state index is 12.7. The third-order valence-corrected chi connectivity index (χ3v) is 5.10. The average Bonchev–Trinajstić information content (AvgIpc) is 3.23. The molecule has 116 valence electrons. The summed E-state index contributed by atoms with van der Waals surface area (Å²) in [5.74, 6) is 0.606. The highest BCUT2D eigenvalue weighted by molar-refractivity contribution is 5.94. The van der Waals surface area contributed by atoms with Crippen LogP contribution in [0.4, 0.5) is 0 Å². The molecule has 3 heterocycles. The first-order valence-corrected chi connectivity index (χ1v) is 8.09. The van der Waals surface area contributed by atoms with Gasteiger partial charge in [0.25, 0.3) is 5.91 Å². The first kappa shape index (κ1) is 13.5. The molecular weight excluding hydrogens is 278 g/mol. The molecule has 2 N–H and O–H groups in total. The van der Waals surface area contributed by atoms with Gasteiger partial charge in [0.05, 0.1) is 6.20 Å². The van der Waals surface area contributed by atoms with Crippen molar-refractivity contribution in [2.45, 2.75) is 44.9 Å². The Morgan fingerprint density at radius 2 is 2.09 bits per heavy atom. The summed E-state index contributed by atoms with van der Waals surface area (Å²) in [6.45, 7) is 3.67. The number of nitrogens with zero attached hydrogens (tertiary/aromatic N) is 3. The number of carbonyl (C=O) groups excluding carboxylic acids is 1. The Balaban J connectivity index is 1.45. The van der Waals surface area contributed by atoms with Crippen molar-refractivity contribution in [2.24, 2.45) is 0 Å². The van der Waals surface area contributed by atoms with Gasteiger partial charge in [0.1, 0.15) is 0 Å². The van der Waals surface area contributed by atoms with Gasteiger partial charge in [0.15, 0.2) is 5.69 Å². The lowest BCUT2D eigenvalue weighted by molar-refractivity contribution is 0.0706. The van der Waals surface area contributed by atoms with Crippen LogP contribution in [0, 0.1) is 6.92 Å². The summed E-state index contributed by atoms with van der Waals surface area (Å²) in [5, 5.41) is 14.4. The van der Waals surface area contributed by atoms with Crippen LogP contribution in [0.2, 0.25) is 0 Å². The third-order valence-electron chi connectivity index (χ3n) is 5.10. The molecule has 6 nitrogen and oxygen atoms in total. The van der Waals surface area contributed by atoms with E-state index < -0.39 is 0 Å². The SMILES string of the molecule is Cc1[nH]ncc1C1CCN(C(=O)c2n[nH]c3c2CCC3)CC1. The molecule has 1 aliphatic heterocycles. The zero-order valence-electron chi connectivity index (χ0n) is 12.9. The van der Waals surface area contributed by atoms with Crippen molar-refractivity contribution >= 4 is 5.91 Å². The van der Waals surface area contributed by atoms with Gasteiger partial charge >= 0.3 is 0 Å². The van der Waals surface area contributed by atoms with Gasteiger partial charge in [-0.15, -0.1) is 0 Å². The molecule has 2 aliphatic rings. The highest BCUT2D eigenvalue weighted by Gasteiger charge is 2.30. The molecule has 0 unspecified atom stereocenters. The summed E-state index contributed by atoms with van der Waals surface area (Å²) < 4.78 is 0. The van der Waals surface area contributed by atoms with E-state index in [4.69, 9.17) is 0 Å². The van der Waals surface area contributed by atoms with Crippen LogP contribution in [0.5, 0.6) is 0 Å². The molecule has 0 radical (unpaired) electrons. The zero-order valence-corrected chi connectivity index (χ0v) is 12.9. The highest BCUT2D eigenvalue weighted by Crippen LogP contribution is 2.30. The first-order valence-electron chi connectivity index (χ1n) is 8.09. The highest BCUT2D eigenvalue weighted by atomic mass is 16.2. The number of hydrogen-bond acceptors (Lipinski definition) is 3. The molecule has 0 saturated carbocycles. The molecule has 0 spiro atoms. The second kappa shape index (κ2) is 5.26. The predicted molar refractivity (Wildman–Crippen MR) is 81.8 cm³/mol. The number of nitrogens with one attached hydrogen (secondary N) is 2. The van der Waals surface area contributed by atoms with Crippen LogP contribution in [0.3, 0.4) is 0 Å². The average molecular weight is 299 g/mol. The van der Waals surface area contributed by atoms with E-state index >= 15 is 0 Å². The van der Waals surface area contributed by atoms with E-state index in [1.54, 1.807) is 0 Å². The van der Waals surface area contributed by atoms with Crippen molar-refractivity contribution in [3.8, 4) is 0 Å². The van der Waals surface area contributed by atoms with Gasteiger partial charge in [-0.3, -0.25) is 15.0 Å². The minimum Gasteiger partial charge on any atom is -0.337 e. The quantitative estimate of drug-likeness (QED) is 0.889. The number of aromatic amines is 2. The molecular formula is C16H21N5O. The van der Waals surface area contributed by atoms with Crippen molar-refractivity contribution in [2.75, 3.05) is 13.1 Å². The molecule has 22 heavy (non-hydrogen) atoms. The molecule has 0 bridgehead atoms. The number of fused-ring (bicyclic) bond motifs is 1. The van der Waals surface area contributed by atoms with Gasteiger partial charge in [-0.25, -0.2) is 0 Å². The Morgan fingerprint density at radius 3 is 2.82 bits per heavy atom. The molecule has 0 atom stereocenters. The van der Waals surface area contributed by atoms with Crippen LogP contribution < -0.4 is 0 Å². The van der Waals surface area contributed by atoms with Gasteiger partial charge < -0.3 is 4.90 Å². The molecule has 4 rings (SSSR count). The standard InChI is InChI=1S/C16H21N5O/c1-10-13(9-17-18-10)11-5-7-21(8-6-11)16(22)15-12-3-2-4-14(12)19-20-15/h9,11H,2-8H2,1H3,(H,17,18)(H,19,20). The van der Waals surface area contributed by atoms with E-state index in [2.05, 4.69) is 27.3 Å². The number of aromatic nitrogens is 4. The van der Waals surface area contributed by atoms with E-state index in [1.165, 1.54) is 5.56 Å². The third kappa shape index (κ3) is 2.14. The molecule has 2 aromatic heterocycles. The molecule has 2 aromatic rings. The molecule has 1 amide bonds. The van der Waals surface area contributed by atoms with Crippen LogP contribution >= 0.6 is 0 Å². The van der Waals surface area contributed by atoms with E-state index in [9.17, 15) is 4.79 Å². The Kier molecular flexibility index (Phi) is 3.24. The monoisotopic (exact) mass is 299 g/mol. The number of carbonyl (C=O) groups is 1. The van der Waals surface area contributed by atoms with E-state index in [0.717, 1.165) is 62.1 Å². The van der Waals surface area contributed by atoms with Crippen LogP contribution in [0.1, 0.15) is 58.2 Å². The Bertz CT molecular complexity index is 693.